The van der Waals surface area contributed by atoms with Gasteiger partial charge in [-0.05, 0) is 22.0 Å². The van der Waals surface area contributed by atoms with E-state index in [1.807, 2.05) is 0 Å². The fraction of sp³-hybridized carbons (Fsp3) is 0.400. The van der Waals surface area contributed by atoms with Crippen LogP contribution in [0.15, 0.2) is 16.6 Å². The van der Waals surface area contributed by atoms with Crippen LogP contribution in [0.3, 0.4) is 0 Å². The molecule has 0 heterocycles. The number of aliphatic hydroxyl groups is 1. The van der Waals surface area contributed by atoms with Crippen molar-refractivity contribution in [2.75, 3.05) is 17.7 Å². The molecule has 0 aliphatic rings. The maximum absolute atomic E-state index is 13.5. The molecule has 0 saturated heterocycles. The van der Waals surface area contributed by atoms with Gasteiger partial charge in [-0.2, -0.15) is 8.78 Å². The SMILES string of the molecule is OC(CCl)CNc1cc(Br)c(OC(F)F)cc1F. The molecule has 0 aromatic heterocycles. The van der Waals surface area contributed by atoms with E-state index in [1.165, 1.54) is 6.07 Å². The zero-order valence-corrected chi connectivity index (χ0v) is 11.3. The average molecular weight is 349 g/mol. The first-order valence-electron chi connectivity index (χ1n) is 4.85. The Kier molecular flexibility index (Phi) is 6.04. The summed E-state index contributed by atoms with van der Waals surface area (Å²) in [5, 5.41) is 11.8. The Morgan fingerprint density at radius 1 is 1.44 bits per heavy atom. The third kappa shape index (κ3) is 4.55. The van der Waals surface area contributed by atoms with E-state index in [-0.39, 0.29) is 28.3 Å². The van der Waals surface area contributed by atoms with Crippen LogP contribution < -0.4 is 10.1 Å². The van der Waals surface area contributed by atoms with Crippen molar-refractivity contribution >= 4 is 33.2 Å². The normalized spacial score (nSPS) is 12.6. The molecule has 102 valence electrons. The molecule has 0 saturated carbocycles. The molecule has 1 aromatic rings. The van der Waals surface area contributed by atoms with E-state index in [1.54, 1.807) is 0 Å². The Morgan fingerprint density at radius 2 is 2.11 bits per heavy atom. The summed E-state index contributed by atoms with van der Waals surface area (Å²) in [6.07, 6.45) is -0.832. The maximum Gasteiger partial charge on any atom is 0.387 e. The van der Waals surface area contributed by atoms with Crippen LogP contribution in [0.25, 0.3) is 0 Å². The first-order valence-corrected chi connectivity index (χ1v) is 6.18. The molecule has 8 heteroatoms. The van der Waals surface area contributed by atoms with Crippen molar-refractivity contribution in [3.8, 4) is 5.75 Å². The number of aliphatic hydroxyl groups excluding tert-OH is 1. The van der Waals surface area contributed by atoms with Gasteiger partial charge in [-0.3, -0.25) is 0 Å². The van der Waals surface area contributed by atoms with E-state index >= 15 is 0 Å². The molecule has 3 nitrogen and oxygen atoms in total. The predicted octanol–water partition coefficient (Wildman–Crippen LogP) is 3.20. The highest BCUT2D eigenvalue weighted by Gasteiger charge is 2.13. The number of alkyl halides is 3. The van der Waals surface area contributed by atoms with Gasteiger partial charge in [0.2, 0.25) is 0 Å². The van der Waals surface area contributed by atoms with Gasteiger partial charge in [0.25, 0.3) is 0 Å². The standard InChI is InChI=1S/C10H10BrClF3NO2/c11-6-1-8(16-4-5(17)3-12)7(13)2-9(6)18-10(14)15/h1-2,5,10,16-17H,3-4H2. The summed E-state index contributed by atoms with van der Waals surface area (Å²) < 4.78 is 41.8. The Bertz CT molecular complexity index is 409. The Hall–Kier alpha value is -0.660. The number of hydrogen-bond acceptors (Lipinski definition) is 3. The monoisotopic (exact) mass is 347 g/mol. The van der Waals surface area contributed by atoms with Crippen molar-refractivity contribution in [2.45, 2.75) is 12.7 Å². The molecule has 1 unspecified atom stereocenters. The zero-order chi connectivity index (χ0) is 13.7. The Morgan fingerprint density at radius 3 is 2.67 bits per heavy atom. The number of rotatable bonds is 6. The van der Waals surface area contributed by atoms with E-state index in [2.05, 4.69) is 26.0 Å². The molecular weight excluding hydrogens is 338 g/mol. The number of ether oxygens (including phenoxy) is 1. The van der Waals surface area contributed by atoms with Gasteiger partial charge < -0.3 is 15.2 Å². The molecular formula is C10H10BrClF3NO2. The second-order valence-corrected chi connectivity index (χ2v) is 4.49. The summed E-state index contributed by atoms with van der Waals surface area (Å²) in [6, 6.07) is 2.07. The third-order valence-electron chi connectivity index (χ3n) is 1.94. The molecule has 1 atom stereocenters. The van der Waals surface area contributed by atoms with Crippen molar-refractivity contribution in [3.05, 3.63) is 22.4 Å². The van der Waals surface area contributed by atoms with Crippen molar-refractivity contribution in [2.24, 2.45) is 0 Å². The first kappa shape index (κ1) is 15.4. The fourth-order valence-corrected chi connectivity index (χ4v) is 1.68. The minimum Gasteiger partial charge on any atom is -0.434 e. The zero-order valence-electron chi connectivity index (χ0n) is 8.97. The predicted molar refractivity (Wildman–Crippen MR) is 65.9 cm³/mol. The van der Waals surface area contributed by atoms with Crippen LogP contribution in [0.4, 0.5) is 18.9 Å². The third-order valence-corrected chi connectivity index (χ3v) is 2.92. The molecule has 0 spiro atoms. The molecule has 2 N–H and O–H groups in total. The van der Waals surface area contributed by atoms with Crippen LogP contribution in [0.1, 0.15) is 0 Å². The largest absolute Gasteiger partial charge is 0.434 e. The van der Waals surface area contributed by atoms with Gasteiger partial charge >= 0.3 is 6.61 Å². The summed E-state index contributed by atoms with van der Waals surface area (Å²) in [7, 11) is 0. The Balaban J connectivity index is 2.79. The van der Waals surface area contributed by atoms with Crippen molar-refractivity contribution in [1.82, 2.24) is 0 Å². The van der Waals surface area contributed by atoms with E-state index in [9.17, 15) is 18.3 Å². The molecule has 0 bridgehead atoms. The molecule has 1 rings (SSSR count). The van der Waals surface area contributed by atoms with Gasteiger partial charge in [0, 0.05) is 12.6 Å². The van der Waals surface area contributed by atoms with Crippen LogP contribution in [-0.4, -0.2) is 30.2 Å². The van der Waals surface area contributed by atoms with Gasteiger partial charge in [0.1, 0.15) is 11.6 Å². The van der Waals surface area contributed by atoms with Crippen LogP contribution in [0.5, 0.6) is 5.75 Å². The lowest BCUT2D eigenvalue weighted by Crippen LogP contribution is -2.21. The lowest BCUT2D eigenvalue weighted by atomic mass is 10.2. The van der Waals surface area contributed by atoms with Crippen LogP contribution in [0.2, 0.25) is 0 Å². The van der Waals surface area contributed by atoms with Crippen molar-refractivity contribution < 1.29 is 23.0 Å². The smallest absolute Gasteiger partial charge is 0.387 e. The summed E-state index contributed by atoms with van der Waals surface area (Å²) in [6.45, 7) is -2.99. The number of nitrogens with one attached hydrogen (secondary N) is 1. The molecule has 0 radical (unpaired) electrons. The van der Waals surface area contributed by atoms with Crippen molar-refractivity contribution in [1.29, 1.82) is 0 Å². The Labute approximate surface area is 115 Å². The van der Waals surface area contributed by atoms with Crippen LogP contribution >= 0.6 is 27.5 Å². The van der Waals surface area contributed by atoms with Crippen LogP contribution in [-0.2, 0) is 0 Å². The number of hydrogen-bond donors (Lipinski definition) is 2. The van der Waals surface area contributed by atoms with Crippen LogP contribution in [0, 0.1) is 5.82 Å². The molecule has 1 aromatic carbocycles. The molecule has 0 fully saturated rings. The van der Waals surface area contributed by atoms with E-state index in [4.69, 9.17) is 11.6 Å². The lowest BCUT2D eigenvalue weighted by molar-refractivity contribution is -0.0504. The molecule has 0 aliphatic heterocycles. The summed E-state index contributed by atoms with van der Waals surface area (Å²) in [5.41, 5.74) is 0.0488. The lowest BCUT2D eigenvalue weighted by Gasteiger charge is -2.13. The van der Waals surface area contributed by atoms with Crippen molar-refractivity contribution in [3.63, 3.8) is 0 Å². The highest BCUT2D eigenvalue weighted by atomic mass is 79.9. The van der Waals surface area contributed by atoms with Gasteiger partial charge in [0.15, 0.2) is 0 Å². The van der Waals surface area contributed by atoms with E-state index in [0.717, 1.165) is 6.07 Å². The second kappa shape index (κ2) is 7.06. The summed E-state index contributed by atoms with van der Waals surface area (Å²) in [5.74, 6) is -1.07. The van der Waals surface area contributed by atoms with E-state index < -0.39 is 18.5 Å². The minimum atomic E-state index is -3.03. The second-order valence-electron chi connectivity index (χ2n) is 3.33. The fourth-order valence-electron chi connectivity index (χ4n) is 1.13. The maximum atomic E-state index is 13.5. The van der Waals surface area contributed by atoms with Gasteiger partial charge in [0.05, 0.1) is 22.1 Å². The quantitative estimate of drug-likeness (QED) is 0.776. The summed E-state index contributed by atoms with van der Waals surface area (Å²) >= 11 is 8.36. The molecule has 18 heavy (non-hydrogen) atoms. The molecule has 0 amide bonds. The average Bonchev–Trinajstić information content (AvgIpc) is 2.30. The summed E-state index contributed by atoms with van der Waals surface area (Å²) in [4.78, 5) is 0. The van der Waals surface area contributed by atoms with Gasteiger partial charge in [-0.25, -0.2) is 4.39 Å². The highest BCUT2D eigenvalue weighted by Crippen LogP contribution is 2.31. The van der Waals surface area contributed by atoms with Gasteiger partial charge in [-0.1, -0.05) is 0 Å². The number of anilines is 1. The number of halogens is 5. The number of benzene rings is 1. The topological polar surface area (TPSA) is 41.5 Å². The highest BCUT2D eigenvalue weighted by molar-refractivity contribution is 9.10. The van der Waals surface area contributed by atoms with Gasteiger partial charge in [-0.15, -0.1) is 11.6 Å². The van der Waals surface area contributed by atoms with E-state index in [0.29, 0.717) is 0 Å². The first-order chi connectivity index (χ1) is 8.43. The molecule has 0 aliphatic carbocycles. The minimum absolute atomic E-state index is 0.00235.